The number of nitrogens with one attached hydrogen (secondary N) is 1. The van der Waals surface area contributed by atoms with Gasteiger partial charge in [0.2, 0.25) is 0 Å². The molecule has 2 heterocycles. The Hall–Kier alpha value is -3.15. The van der Waals surface area contributed by atoms with Crippen LogP contribution >= 0.6 is 0 Å². The standard InChI is InChI=1S/C25H29N5O/c1-17(2)18-6-5-7-19(16-18)25(31)30-14-12-29(13-15-30)24-23(26-20-10-11-20)27-21-8-3-4-9-22(21)28-24/h3-9,16-17,20H,10-15H2,1-2H3,(H,26,27). The molecule has 0 spiro atoms. The van der Waals surface area contributed by atoms with Crippen molar-refractivity contribution in [2.45, 2.75) is 38.6 Å². The van der Waals surface area contributed by atoms with E-state index in [-0.39, 0.29) is 5.91 Å². The summed E-state index contributed by atoms with van der Waals surface area (Å²) in [6.45, 7) is 7.18. The molecule has 1 N–H and O–H groups in total. The number of rotatable bonds is 5. The van der Waals surface area contributed by atoms with E-state index in [0.29, 0.717) is 25.0 Å². The largest absolute Gasteiger partial charge is 0.364 e. The lowest BCUT2D eigenvalue weighted by atomic mass is 10.0. The number of amides is 1. The smallest absolute Gasteiger partial charge is 0.253 e. The summed E-state index contributed by atoms with van der Waals surface area (Å²) in [6, 6.07) is 16.5. The number of carbonyl (C=O) groups excluding carboxylic acids is 1. The monoisotopic (exact) mass is 415 g/mol. The molecule has 0 bridgehead atoms. The van der Waals surface area contributed by atoms with Gasteiger partial charge in [0.1, 0.15) is 0 Å². The number of hydrogen-bond acceptors (Lipinski definition) is 5. The van der Waals surface area contributed by atoms with Gasteiger partial charge in [-0.3, -0.25) is 4.79 Å². The molecule has 31 heavy (non-hydrogen) atoms. The van der Waals surface area contributed by atoms with E-state index in [0.717, 1.165) is 41.3 Å². The van der Waals surface area contributed by atoms with Crippen molar-refractivity contribution in [2.75, 3.05) is 36.4 Å². The van der Waals surface area contributed by atoms with E-state index in [2.05, 4.69) is 30.1 Å². The summed E-state index contributed by atoms with van der Waals surface area (Å²) in [5.41, 5.74) is 3.80. The highest BCUT2D eigenvalue weighted by molar-refractivity contribution is 5.94. The molecule has 2 aromatic carbocycles. The first kappa shape index (κ1) is 19.8. The normalized spacial score (nSPS) is 16.7. The number of piperazine rings is 1. The quantitative estimate of drug-likeness (QED) is 0.674. The van der Waals surface area contributed by atoms with Crippen molar-refractivity contribution in [2.24, 2.45) is 0 Å². The van der Waals surface area contributed by atoms with Crippen LogP contribution in [-0.2, 0) is 0 Å². The zero-order valence-electron chi connectivity index (χ0n) is 18.2. The Labute approximate surface area is 183 Å². The van der Waals surface area contributed by atoms with Crippen LogP contribution in [0.25, 0.3) is 11.0 Å². The number of hydrogen-bond donors (Lipinski definition) is 1. The van der Waals surface area contributed by atoms with Gasteiger partial charge in [0.15, 0.2) is 11.6 Å². The van der Waals surface area contributed by atoms with E-state index in [1.165, 1.54) is 18.4 Å². The van der Waals surface area contributed by atoms with Crippen molar-refractivity contribution in [3.63, 3.8) is 0 Å². The third-order valence-electron chi connectivity index (χ3n) is 6.14. The molecule has 2 aliphatic rings. The Morgan fingerprint density at radius 2 is 1.68 bits per heavy atom. The van der Waals surface area contributed by atoms with Crippen LogP contribution in [0.1, 0.15) is 48.5 Å². The summed E-state index contributed by atoms with van der Waals surface area (Å²) in [5, 5.41) is 3.55. The van der Waals surface area contributed by atoms with Gasteiger partial charge in [-0.25, -0.2) is 9.97 Å². The third kappa shape index (κ3) is 4.20. The van der Waals surface area contributed by atoms with Crippen LogP contribution in [0, 0.1) is 0 Å². The first-order chi connectivity index (χ1) is 15.1. The highest BCUT2D eigenvalue weighted by Crippen LogP contribution is 2.31. The summed E-state index contributed by atoms with van der Waals surface area (Å²) >= 11 is 0. The molecule has 1 aromatic heterocycles. The zero-order chi connectivity index (χ0) is 21.4. The molecule has 5 rings (SSSR count). The molecule has 0 radical (unpaired) electrons. The lowest BCUT2D eigenvalue weighted by Gasteiger charge is -2.36. The lowest BCUT2D eigenvalue weighted by molar-refractivity contribution is 0.0746. The number of nitrogens with zero attached hydrogens (tertiary/aromatic N) is 4. The summed E-state index contributed by atoms with van der Waals surface area (Å²) in [4.78, 5) is 27.1. The average molecular weight is 416 g/mol. The van der Waals surface area contributed by atoms with Gasteiger partial charge in [-0.2, -0.15) is 0 Å². The molecular formula is C25H29N5O. The van der Waals surface area contributed by atoms with E-state index >= 15 is 0 Å². The van der Waals surface area contributed by atoms with Gasteiger partial charge in [-0.05, 0) is 48.6 Å². The fraction of sp³-hybridized carbons (Fsp3) is 0.400. The van der Waals surface area contributed by atoms with Crippen LogP contribution in [0.2, 0.25) is 0 Å². The van der Waals surface area contributed by atoms with E-state index in [4.69, 9.17) is 9.97 Å². The van der Waals surface area contributed by atoms with Crippen molar-refractivity contribution in [1.82, 2.24) is 14.9 Å². The zero-order valence-corrected chi connectivity index (χ0v) is 18.2. The van der Waals surface area contributed by atoms with Gasteiger partial charge in [-0.15, -0.1) is 0 Å². The second kappa shape index (κ2) is 8.17. The minimum atomic E-state index is 0.114. The molecule has 1 aliphatic carbocycles. The second-order valence-electron chi connectivity index (χ2n) is 8.86. The first-order valence-corrected chi connectivity index (χ1v) is 11.3. The third-order valence-corrected chi connectivity index (χ3v) is 6.14. The number of para-hydroxylation sites is 2. The fourth-order valence-corrected chi connectivity index (χ4v) is 4.06. The van der Waals surface area contributed by atoms with Crippen molar-refractivity contribution in [3.05, 3.63) is 59.7 Å². The second-order valence-corrected chi connectivity index (χ2v) is 8.86. The van der Waals surface area contributed by atoms with E-state index in [9.17, 15) is 4.79 Å². The van der Waals surface area contributed by atoms with Gasteiger partial charge in [0.05, 0.1) is 11.0 Å². The van der Waals surface area contributed by atoms with Gasteiger partial charge in [0.25, 0.3) is 5.91 Å². The Balaban J connectivity index is 1.34. The topological polar surface area (TPSA) is 61.4 Å². The van der Waals surface area contributed by atoms with Gasteiger partial charge < -0.3 is 15.1 Å². The highest BCUT2D eigenvalue weighted by Gasteiger charge is 2.28. The van der Waals surface area contributed by atoms with Crippen LogP contribution in [0.5, 0.6) is 0 Å². The van der Waals surface area contributed by atoms with E-state index in [1.54, 1.807) is 0 Å². The summed E-state index contributed by atoms with van der Waals surface area (Å²) < 4.78 is 0. The van der Waals surface area contributed by atoms with E-state index in [1.807, 2.05) is 47.4 Å². The molecule has 0 atom stereocenters. The van der Waals surface area contributed by atoms with Crippen LogP contribution in [-0.4, -0.2) is 53.0 Å². The summed E-state index contributed by atoms with van der Waals surface area (Å²) in [7, 11) is 0. The molecular weight excluding hydrogens is 386 g/mol. The Morgan fingerprint density at radius 1 is 0.968 bits per heavy atom. The molecule has 1 saturated carbocycles. The first-order valence-electron chi connectivity index (χ1n) is 11.3. The van der Waals surface area contributed by atoms with Crippen molar-refractivity contribution in [3.8, 4) is 0 Å². The minimum absolute atomic E-state index is 0.114. The van der Waals surface area contributed by atoms with Gasteiger partial charge in [0, 0.05) is 37.8 Å². The van der Waals surface area contributed by atoms with E-state index < -0.39 is 0 Å². The number of anilines is 2. The molecule has 0 unspecified atom stereocenters. The molecule has 1 aliphatic heterocycles. The number of benzene rings is 2. The van der Waals surface area contributed by atoms with Crippen LogP contribution in [0.4, 0.5) is 11.6 Å². The summed E-state index contributed by atoms with van der Waals surface area (Å²) in [6.07, 6.45) is 2.37. The van der Waals surface area contributed by atoms with Gasteiger partial charge >= 0.3 is 0 Å². The van der Waals surface area contributed by atoms with Gasteiger partial charge in [-0.1, -0.05) is 38.1 Å². The van der Waals surface area contributed by atoms with Crippen LogP contribution in [0.3, 0.4) is 0 Å². The Kier molecular flexibility index (Phi) is 5.22. The minimum Gasteiger partial charge on any atom is -0.364 e. The van der Waals surface area contributed by atoms with Crippen molar-refractivity contribution < 1.29 is 4.79 Å². The Bertz CT molecular complexity index is 1100. The molecule has 1 saturated heterocycles. The molecule has 160 valence electrons. The number of fused-ring (bicyclic) bond motifs is 1. The van der Waals surface area contributed by atoms with Crippen LogP contribution < -0.4 is 10.2 Å². The Morgan fingerprint density at radius 3 is 2.35 bits per heavy atom. The van der Waals surface area contributed by atoms with Crippen LogP contribution in [0.15, 0.2) is 48.5 Å². The van der Waals surface area contributed by atoms with Crippen molar-refractivity contribution >= 4 is 28.6 Å². The molecule has 6 heteroatoms. The maximum atomic E-state index is 13.1. The molecule has 1 amide bonds. The number of carbonyl (C=O) groups is 1. The molecule has 2 fully saturated rings. The fourth-order valence-electron chi connectivity index (χ4n) is 4.06. The predicted molar refractivity (Wildman–Crippen MR) is 125 cm³/mol. The number of aromatic nitrogens is 2. The maximum absolute atomic E-state index is 13.1. The predicted octanol–water partition coefficient (Wildman–Crippen LogP) is 4.29. The average Bonchev–Trinajstić information content (AvgIpc) is 3.62. The molecule has 3 aromatic rings. The highest BCUT2D eigenvalue weighted by atomic mass is 16.2. The lowest BCUT2D eigenvalue weighted by Crippen LogP contribution is -2.49. The maximum Gasteiger partial charge on any atom is 0.253 e. The van der Waals surface area contributed by atoms with Crippen molar-refractivity contribution in [1.29, 1.82) is 0 Å². The molecule has 6 nitrogen and oxygen atoms in total. The summed E-state index contributed by atoms with van der Waals surface area (Å²) in [5.74, 6) is 2.29. The SMILES string of the molecule is CC(C)c1cccc(C(=O)N2CCN(c3nc4ccccc4nc3NC3CC3)CC2)c1.